The fourth-order valence-corrected chi connectivity index (χ4v) is 4.33. The van der Waals surface area contributed by atoms with Crippen molar-refractivity contribution in [1.29, 1.82) is 0 Å². The third-order valence-corrected chi connectivity index (χ3v) is 6.38. The monoisotopic (exact) mass is 584 g/mol. The number of alkyl carbamates (subject to hydrolysis) is 1. The van der Waals surface area contributed by atoms with Gasteiger partial charge in [-0.2, -0.15) is 0 Å². The molecule has 2 aromatic carbocycles. The van der Waals surface area contributed by atoms with Gasteiger partial charge in [0, 0.05) is 12.2 Å². The number of aromatic hydroxyl groups is 1. The van der Waals surface area contributed by atoms with Gasteiger partial charge in [0.15, 0.2) is 0 Å². The molecule has 0 aliphatic carbocycles. The summed E-state index contributed by atoms with van der Waals surface area (Å²) < 4.78 is 10.5. The van der Waals surface area contributed by atoms with Gasteiger partial charge in [0.2, 0.25) is 11.8 Å². The van der Waals surface area contributed by atoms with E-state index in [1.54, 1.807) is 64.1 Å². The Morgan fingerprint density at radius 1 is 1.02 bits per heavy atom. The zero-order chi connectivity index (χ0) is 31.4. The van der Waals surface area contributed by atoms with E-state index in [1.165, 1.54) is 18.1 Å². The minimum atomic E-state index is -1.38. The number of nitrogens with zero attached hydrogens (tertiary/aromatic N) is 1. The van der Waals surface area contributed by atoms with Crippen molar-refractivity contribution in [2.45, 2.75) is 84.4 Å². The molecule has 0 heterocycles. The summed E-state index contributed by atoms with van der Waals surface area (Å²) in [6, 6.07) is 8.83. The Bertz CT molecular complexity index is 1220. The number of anilines is 1. The number of carbonyl (C=O) groups is 4. The standard InChI is InChI=1S/C31H44N4O7/c1-7-8-9-10-17-35(29(39)24(19-26(32)37)34-30(40)42-31(3,4)5)27(21-11-16-25(36)20(2)18-21)28(38)33-22-12-14-23(41-6)15-13-22/h11-16,18,24,27,36H,7-10,17,19H2,1-6H3,(H2,32,37)(H,33,38)(H,34,40). The fourth-order valence-electron chi connectivity index (χ4n) is 4.33. The van der Waals surface area contributed by atoms with Crippen molar-refractivity contribution in [3.05, 3.63) is 53.6 Å². The summed E-state index contributed by atoms with van der Waals surface area (Å²) in [6.07, 6.45) is 1.85. The Balaban J connectivity index is 2.57. The maximum absolute atomic E-state index is 14.2. The summed E-state index contributed by atoms with van der Waals surface area (Å²) in [7, 11) is 1.53. The predicted molar refractivity (Wildman–Crippen MR) is 160 cm³/mol. The van der Waals surface area contributed by atoms with Crippen LogP contribution in [0.25, 0.3) is 0 Å². The summed E-state index contributed by atoms with van der Waals surface area (Å²) in [4.78, 5) is 54.1. The van der Waals surface area contributed by atoms with Crippen molar-refractivity contribution in [1.82, 2.24) is 10.2 Å². The molecule has 0 aliphatic heterocycles. The first-order valence-corrected chi connectivity index (χ1v) is 14.1. The first kappa shape index (κ1) is 33.9. The topological polar surface area (TPSA) is 160 Å². The van der Waals surface area contributed by atoms with Gasteiger partial charge < -0.3 is 35.8 Å². The van der Waals surface area contributed by atoms with Gasteiger partial charge in [0.1, 0.15) is 29.2 Å². The molecule has 0 aromatic heterocycles. The van der Waals surface area contributed by atoms with E-state index in [4.69, 9.17) is 15.2 Å². The number of unbranched alkanes of at least 4 members (excludes halogenated alkanes) is 3. The summed E-state index contributed by atoms with van der Waals surface area (Å²) in [6.45, 7) is 8.91. The van der Waals surface area contributed by atoms with Gasteiger partial charge in [0.25, 0.3) is 5.91 Å². The number of hydrogen-bond acceptors (Lipinski definition) is 7. The van der Waals surface area contributed by atoms with Gasteiger partial charge >= 0.3 is 6.09 Å². The molecule has 0 spiro atoms. The Morgan fingerprint density at radius 2 is 1.69 bits per heavy atom. The van der Waals surface area contributed by atoms with E-state index in [0.717, 1.165) is 19.3 Å². The molecule has 0 bridgehead atoms. The van der Waals surface area contributed by atoms with Crippen LogP contribution in [0.3, 0.4) is 0 Å². The SMILES string of the molecule is CCCCCCN(C(=O)C(CC(N)=O)NC(=O)OC(C)(C)C)C(C(=O)Nc1ccc(OC)cc1)c1ccc(O)c(C)c1. The lowest BCUT2D eigenvalue weighted by atomic mass is 9.99. The zero-order valence-electron chi connectivity index (χ0n) is 25.4. The van der Waals surface area contributed by atoms with Gasteiger partial charge in [0.05, 0.1) is 13.5 Å². The van der Waals surface area contributed by atoms with E-state index in [0.29, 0.717) is 29.0 Å². The first-order valence-electron chi connectivity index (χ1n) is 14.1. The maximum atomic E-state index is 14.2. The molecular weight excluding hydrogens is 540 g/mol. The molecule has 2 unspecified atom stereocenters. The highest BCUT2D eigenvalue weighted by molar-refractivity contribution is 5.99. The van der Waals surface area contributed by atoms with Gasteiger partial charge in [-0.05, 0) is 81.6 Å². The van der Waals surface area contributed by atoms with Gasteiger partial charge in [-0.25, -0.2) is 4.79 Å². The predicted octanol–water partition coefficient (Wildman–Crippen LogP) is 4.57. The highest BCUT2D eigenvalue weighted by atomic mass is 16.6. The number of hydrogen-bond donors (Lipinski definition) is 4. The van der Waals surface area contributed by atoms with Crippen molar-refractivity contribution < 1.29 is 33.8 Å². The smallest absolute Gasteiger partial charge is 0.408 e. The quantitative estimate of drug-likeness (QED) is 0.237. The molecule has 4 amide bonds. The number of phenolic OH excluding ortho intramolecular Hbond substituents is 1. The molecule has 0 fully saturated rings. The molecule has 42 heavy (non-hydrogen) atoms. The number of benzene rings is 2. The minimum Gasteiger partial charge on any atom is -0.508 e. The van der Waals surface area contributed by atoms with Gasteiger partial charge in [-0.3, -0.25) is 14.4 Å². The van der Waals surface area contributed by atoms with E-state index in [-0.39, 0.29) is 12.3 Å². The van der Waals surface area contributed by atoms with Crippen molar-refractivity contribution in [2.75, 3.05) is 19.0 Å². The Morgan fingerprint density at radius 3 is 2.24 bits per heavy atom. The summed E-state index contributed by atoms with van der Waals surface area (Å²) in [5.41, 5.74) is 6.03. The van der Waals surface area contributed by atoms with Crippen LogP contribution in [0.4, 0.5) is 10.5 Å². The number of nitrogens with one attached hydrogen (secondary N) is 2. The van der Waals surface area contributed by atoms with Crippen LogP contribution in [0.1, 0.15) is 77.0 Å². The highest BCUT2D eigenvalue weighted by Gasteiger charge is 2.37. The third-order valence-electron chi connectivity index (χ3n) is 6.38. The van der Waals surface area contributed by atoms with Crippen molar-refractivity contribution in [2.24, 2.45) is 5.73 Å². The lowest BCUT2D eigenvalue weighted by molar-refractivity contribution is -0.142. The molecule has 0 saturated carbocycles. The molecule has 230 valence electrons. The number of aryl methyl sites for hydroxylation is 1. The van der Waals surface area contributed by atoms with E-state index in [1.807, 2.05) is 0 Å². The van der Waals surface area contributed by atoms with Gasteiger partial charge in [-0.1, -0.05) is 32.3 Å². The molecule has 0 aliphatic rings. The van der Waals surface area contributed by atoms with Crippen molar-refractivity contribution in [3.63, 3.8) is 0 Å². The lowest BCUT2D eigenvalue weighted by Crippen LogP contribution is -2.53. The van der Waals surface area contributed by atoms with Crippen LogP contribution in [0.2, 0.25) is 0 Å². The Hall–Kier alpha value is -4.28. The van der Waals surface area contributed by atoms with E-state index >= 15 is 0 Å². The molecular formula is C31H44N4O7. The molecule has 2 atom stereocenters. The van der Waals surface area contributed by atoms with Crippen LogP contribution in [-0.2, 0) is 19.1 Å². The minimum absolute atomic E-state index is 0.0343. The summed E-state index contributed by atoms with van der Waals surface area (Å²) in [5.74, 6) is -1.36. The number of methoxy groups -OCH3 is 1. The van der Waals surface area contributed by atoms with Crippen LogP contribution in [0, 0.1) is 6.92 Å². The highest BCUT2D eigenvalue weighted by Crippen LogP contribution is 2.29. The molecule has 5 N–H and O–H groups in total. The van der Waals surface area contributed by atoms with E-state index < -0.39 is 47.9 Å². The molecule has 0 saturated heterocycles. The van der Waals surface area contributed by atoms with Crippen molar-refractivity contribution in [3.8, 4) is 11.5 Å². The molecule has 11 nitrogen and oxygen atoms in total. The Kier molecular flexibility index (Phi) is 12.6. The maximum Gasteiger partial charge on any atom is 0.408 e. The zero-order valence-corrected chi connectivity index (χ0v) is 25.4. The lowest BCUT2D eigenvalue weighted by Gasteiger charge is -2.34. The average molecular weight is 585 g/mol. The number of phenols is 1. The number of amides is 4. The van der Waals surface area contributed by atoms with Crippen LogP contribution in [-0.4, -0.2) is 59.1 Å². The summed E-state index contributed by atoms with van der Waals surface area (Å²) >= 11 is 0. The number of rotatable bonds is 14. The number of primary amides is 1. The second-order valence-corrected chi connectivity index (χ2v) is 11.1. The normalized spacial score (nSPS) is 12.5. The number of nitrogens with two attached hydrogens (primary N) is 1. The second kappa shape index (κ2) is 15.6. The average Bonchev–Trinajstić information content (AvgIpc) is 2.90. The van der Waals surface area contributed by atoms with Crippen LogP contribution in [0.5, 0.6) is 11.5 Å². The van der Waals surface area contributed by atoms with Crippen LogP contribution < -0.4 is 21.1 Å². The van der Waals surface area contributed by atoms with E-state index in [9.17, 15) is 24.3 Å². The van der Waals surface area contributed by atoms with Gasteiger partial charge in [-0.15, -0.1) is 0 Å². The van der Waals surface area contributed by atoms with Crippen molar-refractivity contribution >= 4 is 29.5 Å². The third kappa shape index (κ3) is 10.6. The van der Waals surface area contributed by atoms with E-state index in [2.05, 4.69) is 17.6 Å². The fraction of sp³-hybridized carbons (Fsp3) is 0.484. The Labute approximate surface area is 247 Å². The molecule has 2 aromatic rings. The number of ether oxygens (including phenoxy) is 2. The molecule has 2 rings (SSSR count). The van der Waals surface area contributed by atoms with Crippen LogP contribution >= 0.6 is 0 Å². The molecule has 11 heteroatoms. The largest absolute Gasteiger partial charge is 0.508 e. The first-order chi connectivity index (χ1) is 19.7. The van der Waals surface area contributed by atoms with Crippen LogP contribution in [0.15, 0.2) is 42.5 Å². The number of carbonyl (C=O) groups excluding carboxylic acids is 4. The molecule has 0 radical (unpaired) electrons. The second-order valence-electron chi connectivity index (χ2n) is 11.1. The summed E-state index contributed by atoms with van der Waals surface area (Å²) in [5, 5.41) is 15.5.